The van der Waals surface area contributed by atoms with Gasteiger partial charge in [-0.2, -0.15) is 0 Å². The summed E-state index contributed by atoms with van der Waals surface area (Å²) in [6.07, 6.45) is 5.99. The van der Waals surface area contributed by atoms with Gasteiger partial charge in [-0.1, -0.05) is 18.2 Å². The number of ether oxygens (including phenoxy) is 1. The van der Waals surface area contributed by atoms with Gasteiger partial charge < -0.3 is 9.30 Å². The third-order valence-corrected chi connectivity index (χ3v) is 7.49. The van der Waals surface area contributed by atoms with Crippen LogP contribution < -0.4 is 10.3 Å². The number of benzene rings is 1. The molecule has 1 aromatic carbocycles. The Kier molecular flexibility index (Phi) is 6.83. The summed E-state index contributed by atoms with van der Waals surface area (Å²) in [7, 11) is -3.42. The second-order valence-corrected chi connectivity index (χ2v) is 10.9. The van der Waals surface area contributed by atoms with Crippen molar-refractivity contribution >= 4 is 10.0 Å². The number of aromatic nitrogens is 1. The summed E-state index contributed by atoms with van der Waals surface area (Å²) in [5.74, 6) is 0.118. The molecule has 0 radical (unpaired) electrons. The summed E-state index contributed by atoms with van der Waals surface area (Å²) < 4.78 is 48.1. The van der Waals surface area contributed by atoms with Crippen molar-refractivity contribution in [3.05, 3.63) is 69.4 Å². The molecule has 0 amide bonds. The van der Waals surface area contributed by atoms with Gasteiger partial charge in [-0.05, 0) is 75.1 Å². The maximum Gasteiger partial charge on any atom is 0.254 e. The fraction of sp³-hybridized carbons (Fsp3) is 0.542. The molecule has 1 aliphatic carbocycles. The monoisotopic (exact) mass is 462 g/mol. The largest absolute Gasteiger partial charge is 0.376 e. The highest BCUT2D eigenvalue weighted by atomic mass is 32.2. The Morgan fingerprint density at radius 2 is 1.88 bits per heavy atom. The molecule has 0 spiro atoms. The molecule has 2 heterocycles. The number of rotatable bonds is 6. The van der Waals surface area contributed by atoms with E-state index in [1.807, 2.05) is 18.2 Å². The highest BCUT2D eigenvalue weighted by Gasteiger charge is 2.33. The quantitative estimate of drug-likeness (QED) is 0.713. The van der Waals surface area contributed by atoms with Crippen LogP contribution in [0.5, 0.6) is 0 Å². The first kappa shape index (κ1) is 23.1. The normalized spacial score (nSPS) is 26.0. The lowest BCUT2D eigenvalue weighted by molar-refractivity contribution is -0.00169. The topological polar surface area (TPSA) is 77.4 Å². The van der Waals surface area contributed by atoms with Crippen molar-refractivity contribution in [2.45, 2.75) is 69.6 Å². The summed E-state index contributed by atoms with van der Waals surface area (Å²) in [4.78, 5) is 12.9. The summed E-state index contributed by atoms with van der Waals surface area (Å²) in [5, 5.41) is 0. The van der Waals surface area contributed by atoms with E-state index in [1.54, 1.807) is 23.6 Å². The fourth-order valence-corrected chi connectivity index (χ4v) is 5.92. The molecule has 1 aliphatic heterocycles. The smallest absolute Gasteiger partial charge is 0.254 e. The van der Waals surface area contributed by atoms with Crippen LogP contribution in [0.1, 0.15) is 60.9 Å². The van der Waals surface area contributed by atoms with E-state index in [9.17, 15) is 17.6 Å². The van der Waals surface area contributed by atoms with Gasteiger partial charge in [0, 0.05) is 17.3 Å². The first-order valence-corrected chi connectivity index (χ1v) is 13.2. The molecule has 1 N–H and O–H groups in total. The highest BCUT2D eigenvalue weighted by molar-refractivity contribution is 7.88. The third kappa shape index (κ3) is 5.30. The number of nitrogens with zero attached hydrogens (tertiary/aromatic N) is 1. The molecule has 174 valence electrons. The van der Waals surface area contributed by atoms with Crippen LogP contribution in [-0.2, 0) is 21.2 Å². The third-order valence-electron chi connectivity index (χ3n) is 6.76. The molecule has 1 fully saturated rings. The Hall–Kier alpha value is -2.03. The van der Waals surface area contributed by atoms with E-state index in [2.05, 4.69) is 4.72 Å². The first-order chi connectivity index (χ1) is 15.2. The van der Waals surface area contributed by atoms with Crippen molar-refractivity contribution < 1.29 is 17.5 Å². The van der Waals surface area contributed by atoms with Crippen molar-refractivity contribution in [1.82, 2.24) is 9.29 Å². The SMILES string of the molecule is Cc1ccc2n(c1=O)[C@@H](COC1CCC(c3cccc(F)c3)CC1)[C@@H](NS(C)(=O)=O)CC2. The van der Waals surface area contributed by atoms with E-state index in [4.69, 9.17) is 4.74 Å². The van der Waals surface area contributed by atoms with Crippen LogP contribution >= 0.6 is 0 Å². The van der Waals surface area contributed by atoms with Gasteiger partial charge in [0.2, 0.25) is 10.0 Å². The molecular formula is C24H31FN2O4S. The molecule has 2 aliphatic rings. The van der Waals surface area contributed by atoms with Crippen LogP contribution in [0.2, 0.25) is 0 Å². The maximum absolute atomic E-state index is 13.6. The lowest BCUT2D eigenvalue weighted by atomic mass is 9.82. The Balaban J connectivity index is 1.46. The zero-order chi connectivity index (χ0) is 22.9. The molecule has 32 heavy (non-hydrogen) atoms. The van der Waals surface area contributed by atoms with Gasteiger partial charge in [-0.3, -0.25) is 4.79 Å². The van der Waals surface area contributed by atoms with E-state index in [0.717, 1.165) is 43.2 Å². The number of pyridine rings is 1. The number of sulfonamides is 1. The Bertz CT molecular complexity index is 1120. The van der Waals surface area contributed by atoms with Crippen LogP contribution in [-0.4, -0.2) is 38.0 Å². The minimum atomic E-state index is -3.42. The van der Waals surface area contributed by atoms with E-state index < -0.39 is 10.0 Å². The number of nitrogens with one attached hydrogen (secondary N) is 1. The molecule has 0 unspecified atom stereocenters. The molecular weight excluding hydrogens is 431 g/mol. The summed E-state index contributed by atoms with van der Waals surface area (Å²) in [5.41, 5.74) is 2.49. The van der Waals surface area contributed by atoms with Gasteiger partial charge in [0.05, 0.1) is 25.0 Å². The minimum absolute atomic E-state index is 0.0459. The van der Waals surface area contributed by atoms with Crippen molar-refractivity contribution in [2.75, 3.05) is 12.9 Å². The molecule has 2 aromatic rings. The van der Waals surface area contributed by atoms with Crippen molar-refractivity contribution in [3.8, 4) is 0 Å². The zero-order valence-corrected chi connectivity index (χ0v) is 19.4. The predicted octanol–water partition coefficient (Wildman–Crippen LogP) is 3.44. The lowest BCUT2D eigenvalue weighted by Crippen LogP contribution is -2.49. The van der Waals surface area contributed by atoms with Crippen LogP contribution in [0.4, 0.5) is 4.39 Å². The molecule has 0 saturated heterocycles. The lowest BCUT2D eigenvalue weighted by Gasteiger charge is -2.37. The number of hydrogen-bond acceptors (Lipinski definition) is 4. The van der Waals surface area contributed by atoms with Gasteiger partial charge in [0.1, 0.15) is 5.82 Å². The van der Waals surface area contributed by atoms with Crippen molar-refractivity contribution in [3.63, 3.8) is 0 Å². The highest BCUT2D eigenvalue weighted by Crippen LogP contribution is 2.35. The Labute approximate surface area is 188 Å². The van der Waals surface area contributed by atoms with Gasteiger partial charge >= 0.3 is 0 Å². The van der Waals surface area contributed by atoms with E-state index in [-0.39, 0.29) is 36.2 Å². The van der Waals surface area contributed by atoms with Gasteiger partial charge in [-0.15, -0.1) is 0 Å². The summed E-state index contributed by atoms with van der Waals surface area (Å²) in [6, 6.07) is 9.80. The molecule has 0 bridgehead atoms. The molecule has 4 rings (SSSR count). The second kappa shape index (κ2) is 9.45. The molecule has 1 saturated carbocycles. The van der Waals surface area contributed by atoms with E-state index in [1.165, 1.54) is 6.07 Å². The van der Waals surface area contributed by atoms with E-state index >= 15 is 0 Å². The number of aryl methyl sites for hydroxylation is 2. The van der Waals surface area contributed by atoms with E-state index in [0.29, 0.717) is 24.3 Å². The molecule has 8 heteroatoms. The average molecular weight is 463 g/mol. The van der Waals surface area contributed by atoms with Crippen LogP contribution in [0.3, 0.4) is 0 Å². The average Bonchev–Trinajstić information content (AvgIpc) is 2.75. The Morgan fingerprint density at radius 3 is 2.56 bits per heavy atom. The summed E-state index contributed by atoms with van der Waals surface area (Å²) >= 11 is 0. The minimum Gasteiger partial charge on any atom is -0.376 e. The predicted molar refractivity (Wildman–Crippen MR) is 122 cm³/mol. The zero-order valence-electron chi connectivity index (χ0n) is 18.6. The fourth-order valence-electron chi connectivity index (χ4n) is 5.10. The molecule has 2 atom stereocenters. The molecule has 6 nitrogen and oxygen atoms in total. The van der Waals surface area contributed by atoms with Gasteiger partial charge in [-0.25, -0.2) is 17.5 Å². The van der Waals surface area contributed by atoms with Gasteiger partial charge in [0.25, 0.3) is 5.56 Å². The van der Waals surface area contributed by atoms with Gasteiger partial charge in [0.15, 0.2) is 0 Å². The van der Waals surface area contributed by atoms with Crippen molar-refractivity contribution in [2.24, 2.45) is 0 Å². The summed E-state index contributed by atoms with van der Waals surface area (Å²) in [6.45, 7) is 2.05. The van der Waals surface area contributed by atoms with Crippen molar-refractivity contribution in [1.29, 1.82) is 0 Å². The Morgan fingerprint density at radius 1 is 1.12 bits per heavy atom. The number of hydrogen-bond donors (Lipinski definition) is 1. The van der Waals surface area contributed by atoms with Crippen LogP contribution in [0.15, 0.2) is 41.2 Å². The standard InChI is InChI=1S/C24H31FN2O4S/c1-16-6-9-20-10-13-22(26-32(2,29)30)23(27(20)24(16)28)15-31-21-11-7-17(8-12-21)18-4-3-5-19(25)14-18/h3-6,9,14,17,21-23,26H,7-8,10-13,15H2,1-2H3/t17?,21?,22-,23-/m0/s1. The number of fused-ring (bicyclic) bond motifs is 1. The first-order valence-electron chi connectivity index (χ1n) is 11.3. The second-order valence-electron chi connectivity index (χ2n) is 9.15. The van der Waals surface area contributed by atoms with Crippen LogP contribution in [0, 0.1) is 12.7 Å². The molecule has 1 aromatic heterocycles. The number of halogens is 1. The maximum atomic E-state index is 13.6. The van der Waals surface area contributed by atoms with Crippen LogP contribution in [0.25, 0.3) is 0 Å².